The number of nitrogens with zero attached hydrogens (tertiary/aromatic N) is 4. The summed E-state index contributed by atoms with van der Waals surface area (Å²) in [5.41, 5.74) is 2.75. The second-order valence-corrected chi connectivity index (χ2v) is 7.28. The van der Waals surface area contributed by atoms with E-state index in [1.54, 1.807) is 15.6 Å². The van der Waals surface area contributed by atoms with Crippen molar-refractivity contribution in [3.05, 3.63) is 62.7 Å². The Morgan fingerprint density at radius 3 is 2.68 bits per heavy atom. The standard InChI is InChI=1S/C17H17ClIN5O/c1-12-16(19)11-23(22-12)7-6-17(25)21-15-8-20-24(10-15)9-13-2-4-14(18)5-3-13/h2-5,8,10-11H,6-7,9H2,1H3,(H,21,25). The maximum absolute atomic E-state index is 12.1. The Balaban J connectivity index is 1.51. The Bertz CT molecular complexity index is 852. The van der Waals surface area contributed by atoms with E-state index >= 15 is 0 Å². The predicted molar refractivity (Wildman–Crippen MR) is 106 cm³/mol. The second kappa shape index (κ2) is 8.01. The highest BCUT2D eigenvalue weighted by molar-refractivity contribution is 14.1. The third-order valence-electron chi connectivity index (χ3n) is 3.63. The summed E-state index contributed by atoms with van der Waals surface area (Å²) < 4.78 is 4.67. The highest BCUT2D eigenvalue weighted by atomic mass is 127. The van der Waals surface area contributed by atoms with Crippen molar-refractivity contribution in [2.45, 2.75) is 26.4 Å². The molecule has 0 aliphatic carbocycles. The average Bonchev–Trinajstić information content (AvgIpc) is 3.14. The minimum atomic E-state index is -0.0609. The van der Waals surface area contributed by atoms with Crippen molar-refractivity contribution < 1.29 is 4.79 Å². The molecule has 0 spiro atoms. The summed E-state index contributed by atoms with van der Waals surface area (Å²) in [6.45, 7) is 3.13. The van der Waals surface area contributed by atoms with Gasteiger partial charge in [-0.1, -0.05) is 23.7 Å². The molecule has 0 aliphatic heterocycles. The normalized spacial score (nSPS) is 10.8. The molecule has 130 valence electrons. The Kier molecular flexibility index (Phi) is 5.74. The minimum absolute atomic E-state index is 0.0609. The molecule has 0 aliphatic rings. The number of aromatic nitrogens is 4. The molecule has 1 amide bonds. The van der Waals surface area contributed by atoms with Gasteiger partial charge in [-0.25, -0.2) is 0 Å². The van der Waals surface area contributed by atoms with Crippen LogP contribution in [0.25, 0.3) is 0 Å². The molecule has 2 aromatic heterocycles. The smallest absolute Gasteiger partial charge is 0.226 e. The summed E-state index contributed by atoms with van der Waals surface area (Å²) >= 11 is 8.12. The fraction of sp³-hybridized carbons (Fsp3) is 0.235. The third-order valence-corrected chi connectivity index (χ3v) is 4.94. The zero-order valence-electron chi connectivity index (χ0n) is 13.6. The second-order valence-electron chi connectivity index (χ2n) is 5.68. The Hall–Kier alpha value is -1.87. The maximum Gasteiger partial charge on any atom is 0.226 e. The molecule has 0 saturated heterocycles. The van der Waals surface area contributed by atoms with Gasteiger partial charge in [-0.2, -0.15) is 10.2 Å². The van der Waals surface area contributed by atoms with Gasteiger partial charge in [0.15, 0.2) is 0 Å². The van der Waals surface area contributed by atoms with Gasteiger partial charge >= 0.3 is 0 Å². The molecule has 1 N–H and O–H groups in total. The molecule has 2 heterocycles. The van der Waals surface area contributed by atoms with Crippen LogP contribution in [0.2, 0.25) is 5.02 Å². The van der Waals surface area contributed by atoms with E-state index in [1.807, 2.05) is 43.6 Å². The molecule has 8 heteroatoms. The van der Waals surface area contributed by atoms with E-state index in [1.165, 1.54) is 0 Å². The van der Waals surface area contributed by atoms with Gasteiger partial charge in [0.1, 0.15) is 0 Å². The molecule has 0 fully saturated rings. The average molecular weight is 470 g/mol. The number of carbonyl (C=O) groups is 1. The number of benzene rings is 1. The first-order valence-corrected chi connectivity index (χ1v) is 9.21. The number of halogens is 2. The molecule has 0 atom stereocenters. The molecular formula is C17H17ClIN5O. The first-order chi connectivity index (χ1) is 12.0. The van der Waals surface area contributed by atoms with Gasteiger partial charge in [-0.05, 0) is 47.2 Å². The molecule has 25 heavy (non-hydrogen) atoms. The number of hydrogen-bond donors (Lipinski definition) is 1. The predicted octanol–water partition coefficient (Wildman–Crippen LogP) is 3.72. The van der Waals surface area contributed by atoms with Crippen molar-refractivity contribution in [1.29, 1.82) is 0 Å². The maximum atomic E-state index is 12.1. The van der Waals surface area contributed by atoms with Gasteiger partial charge in [-0.3, -0.25) is 14.2 Å². The van der Waals surface area contributed by atoms with E-state index in [0.717, 1.165) is 14.8 Å². The molecule has 0 unspecified atom stereocenters. The van der Waals surface area contributed by atoms with Crippen molar-refractivity contribution in [1.82, 2.24) is 19.6 Å². The van der Waals surface area contributed by atoms with E-state index in [2.05, 4.69) is 38.1 Å². The van der Waals surface area contributed by atoms with Crippen LogP contribution in [-0.4, -0.2) is 25.5 Å². The highest BCUT2D eigenvalue weighted by Gasteiger charge is 2.07. The molecule has 0 bridgehead atoms. The number of aryl methyl sites for hydroxylation is 2. The van der Waals surface area contributed by atoms with Crippen LogP contribution in [0.1, 0.15) is 17.7 Å². The summed E-state index contributed by atoms with van der Waals surface area (Å²) in [4.78, 5) is 12.1. The van der Waals surface area contributed by atoms with Crippen LogP contribution in [0.15, 0.2) is 42.9 Å². The lowest BCUT2D eigenvalue weighted by Gasteiger charge is -2.03. The quantitative estimate of drug-likeness (QED) is 0.560. The molecule has 6 nitrogen and oxygen atoms in total. The lowest BCUT2D eigenvalue weighted by Crippen LogP contribution is -2.14. The van der Waals surface area contributed by atoms with E-state index < -0.39 is 0 Å². The lowest BCUT2D eigenvalue weighted by atomic mass is 10.2. The molecular weight excluding hydrogens is 453 g/mol. The van der Waals surface area contributed by atoms with Crippen LogP contribution in [0, 0.1) is 10.5 Å². The SMILES string of the molecule is Cc1nn(CCC(=O)Nc2cnn(Cc3ccc(Cl)cc3)c2)cc1I. The number of nitrogens with one attached hydrogen (secondary N) is 1. The molecule has 0 radical (unpaired) electrons. The van der Waals surface area contributed by atoms with Crippen LogP contribution >= 0.6 is 34.2 Å². The summed E-state index contributed by atoms with van der Waals surface area (Å²) in [7, 11) is 0. The van der Waals surface area contributed by atoms with Crippen molar-refractivity contribution in [2.24, 2.45) is 0 Å². The zero-order valence-corrected chi connectivity index (χ0v) is 16.5. The fourth-order valence-corrected chi connectivity index (χ4v) is 2.89. The molecule has 0 saturated carbocycles. The highest BCUT2D eigenvalue weighted by Crippen LogP contribution is 2.13. The zero-order chi connectivity index (χ0) is 17.8. The fourth-order valence-electron chi connectivity index (χ4n) is 2.34. The van der Waals surface area contributed by atoms with E-state index in [9.17, 15) is 4.79 Å². The largest absolute Gasteiger partial charge is 0.323 e. The topological polar surface area (TPSA) is 64.7 Å². The third kappa shape index (κ3) is 5.05. The van der Waals surface area contributed by atoms with Crippen LogP contribution in [-0.2, 0) is 17.9 Å². The van der Waals surface area contributed by atoms with Gasteiger partial charge in [0.2, 0.25) is 5.91 Å². The van der Waals surface area contributed by atoms with Crippen molar-refractivity contribution in [3.8, 4) is 0 Å². The van der Waals surface area contributed by atoms with Gasteiger partial charge < -0.3 is 5.32 Å². The Morgan fingerprint density at radius 2 is 2.00 bits per heavy atom. The van der Waals surface area contributed by atoms with E-state index in [-0.39, 0.29) is 5.91 Å². The summed E-state index contributed by atoms with van der Waals surface area (Å²) in [5, 5.41) is 12.2. The van der Waals surface area contributed by atoms with Crippen molar-refractivity contribution >= 4 is 45.8 Å². The van der Waals surface area contributed by atoms with Gasteiger partial charge in [0.05, 0.1) is 27.7 Å². The van der Waals surface area contributed by atoms with Crippen molar-refractivity contribution in [3.63, 3.8) is 0 Å². The monoisotopic (exact) mass is 469 g/mol. The van der Waals surface area contributed by atoms with Crippen molar-refractivity contribution in [2.75, 3.05) is 5.32 Å². The van der Waals surface area contributed by atoms with Gasteiger partial charge in [-0.15, -0.1) is 0 Å². The summed E-state index contributed by atoms with van der Waals surface area (Å²) in [6, 6.07) is 7.61. The van der Waals surface area contributed by atoms with E-state index in [0.29, 0.717) is 30.2 Å². The van der Waals surface area contributed by atoms with E-state index in [4.69, 9.17) is 11.6 Å². The number of anilines is 1. The molecule has 1 aromatic carbocycles. The van der Waals surface area contributed by atoms with Crippen LogP contribution in [0.5, 0.6) is 0 Å². The summed E-state index contributed by atoms with van der Waals surface area (Å²) in [5.74, 6) is -0.0609. The first kappa shape index (κ1) is 17.9. The number of rotatable bonds is 6. The van der Waals surface area contributed by atoms with Crippen LogP contribution in [0.4, 0.5) is 5.69 Å². The summed E-state index contributed by atoms with van der Waals surface area (Å²) in [6.07, 6.45) is 5.76. The molecule has 3 aromatic rings. The number of hydrogen-bond acceptors (Lipinski definition) is 3. The minimum Gasteiger partial charge on any atom is -0.323 e. The van der Waals surface area contributed by atoms with Gasteiger partial charge in [0.25, 0.3) is 0 Å². The molecule has 3 rings (SSSR count). The first-order valence-electron chi connectivity index (χ1n) is 7.76. The Morgan fingerprint density at radius 1 is 1.24 bits per heavy atom. The lowest BCUT2D eigenvalue weighted by molar-refractivity contribution is -0.116. The van der Waals surface area contributed by atoms with Gasteiger partial charge in [0, 0.05) is 30.4 Å². The number of carbonyl (C=O) groups excluding carboxylic acids is 1. The number of amides is 1. The Labute approximate surface area is 164 Å². The van der Waals surface area contributed by atoms with Crippen LogP contribution in [0.3, 0.4) is 0 Å². The van der Waals surface area contributed by atoms with Crippen LogP contribution < -0.4 is 5.32 Å².